The van der Waals surface area contributed by atoms with Gasteiger partial charge in [-0.25, -0.2) is 23.1 Å². The van der Waals surface area contributed by atoms with Gasteiger partial charge in [0.05, 0.1) is 12.4 Å². The number of nitrogens with two attached hydrogens (primary N) is 1. The maximum absolute atomic E-state index is 11.8. The Labute approximate surface area is 97.7 Å². The minimum absolute atomic E-state index is 0.00154. The van der Waals surface area contributed by atoms with E-state index < -0.39 is 16.1 Å². The van der Waals surface area contributed by atoms with Gasteiger partial charge in [-0.05, 0) is 0 Å². The molecule has 1 amide bonds. The van der Waals surface area contributed by atoms with Crippen LogP contribution in [0.25, 0.3) is 0 Å². The average Bonchev–Trinajstić information content (AvgIpc) is 2.63. The first-order valence-electron chi connectivity index (χ1n) is 4.84. The summed E-state index contributed by atoms with van der Waals surface area (Å²) in [6.07, 6.45) is 2.37. The summed E-state index contributed by atoms with van der Waals surface area (Å²) in [5, 5.41) is 2.54. The third-order valence-electron chi connectivity index (χ3n) is 2.26. The first-order chi connectivity index (χ1) is 7.97. The van der Waals surface area contributed by atoms with Crippen LogP contribution < -0.4 is 15.8 Å². The molecule has 8 nitrogen and oxygen atoms in total. The number of carbonyl (C=O) groups excluding carboxylic acids is 1. The fourth-order valence-electron chi connectivity index (χ4n) is 1.44. The van der Waals surface area contributed by atoms with Crippen LogP contribution in [-0.4, -0.2) is 36.9 Å². The smallest absolute Gasteiger partial charge is 0.243 e. The number of aromatic nitrogens is 2. The molecule has 0 spiro atoms. The summed E-state index contributed by atoms with van der Waals surface area (Å²) in [6, 6.07) is -0.440. The van der Waals surface area contributed by atoms with Crippen LogP contribution in [0.1, 0.15) is 6.42 Å². The predicted molar refractivity (Wildman–Crippen MR) is 58.2 cm³/mol. The lowest BCUT2D eigenvalue weighted by Gasteiger charge is -2.10. The number of anilines is 1. The van der Waals surface area contributed by atoms with Gasteiger partial charge < -0.3 is 11.1 Å². The van der Waals surface area contributed by atoms with Gasteiger partial charge in [0.15, 0.2) is 0 Å². The van der Waals surface area contributed by atoms with Crippen molar-refractivity contribution in [1.29, 1.82) is 0 Å². The zero-order valence-corrected chi connectivity index (χ0v) is 9.57. The molecule has 0 saturated carbocycles. The number of rotatable bonds is 3. The molecule has 0 aliphatic carbocycles. The molecule has 1 fully saturated rings. The summed E-state index contributed by atoms with van der Waals surface area (Å²) < 4.78 is 26.1. The van der Waals surface area contributed by atoms with Gasteiger partial charge in [-0.1, -0.05) is 0 Å². The number of nitrogens with one attached hydrogen (secondary N) is 2. The fourth-order valence-corrected chi connectivity index (χ4v) is 2.57. The Morgan fingerprint density at radius 3 is 2.59 bits per heavy atom. The van der Waals surface area contributed by atoms with Gasteiger partial charge in [0.25, 0.3) is 0 Å². The van der Waals surface area contributed by atoms with Crippen molar-refractivity contribution in [2.45, 2.75) is 17.4 Å². The normalized spacial score (nSPS) is 20.2. The highest BCUT2D eigenvalue weighted by Crippen LogP contribution is 2.09. The summed E-state index contributed by atoms with van der Waals surface area (Å²) in [4.78, 5) is 18.1. The van der Waals surface area contributed by atoms with E-state index in [0.29, 0.717) is 0 Å². The number of sulfonamides is 1. The lowest BCUT2D eigenvalue weighted by molar-refractivity contribution is -0.119. The Balaban J connectivity index is 2.14. The Morgan fingerprint density at radius 2 is 2.06 bits per heavy atom. The van der Waals surface area contributed by atoms with Gasteiger partial charge in [-0.2, -0.15) is 0 Å². The minimum Gasteiger partial charge on any atom is -0.368 e. The molecular formula is C8H11N5O3S. The lowest BCUT2D eigenvalue weighted by atomic mass is 10.3. The summed E-state index contributed by atoms with van der Waals surface area (Å²) >= 11 is 0. The highest BCUT2D eigenvalue weighted by molar-refractivity contribution is 7.89. The molecular weight excluding hydrogens is 246 g/mol. The molecule has 1 saturated heterocycles. The van der Waals surface area contributed by atoms with E-state index in [2.05, 4.69) is 20.0 Å². The molecule has 0 aromatic carbocycles. The number of hydrogen-bond acceptors (Lipinski definition) is 6. The molecule has 1 aromatic heterocycles. The molecule has 17 heavy (non-hydrogen) atoms. The van der Waals surface area contributed by atoms with Crippen LogP contribution >= 0.6 is 0 Å². The van der Waals surface area contributed by atoms with E-state index in [1.165, 1.54) is 0 Å². The first-order valence-corrected chi connectivity index (χ1v) is 6.32. The highest BCUT2D eigenvalue weighted by Gasteiger charge is 2.27. The van der Waals surface area contributed by atoms with Gasteiger partial charge in [-0.3, -0.25) is 4.79 Å². The molecule has 0 radical (unpaired) electrons. The maximum Gasteiger partial charge on any atom is 0.243 e. The van der Waals surface area contributed by atoms with Crippen molar-refractivity contribution in [2.24, 2.45) is 0 Å². The molecule has 9 heteroatoms. The van der Waals surface area contributed by atoms with Gasteiger partial charge in [0.1, 0.15) is 4.90 Å². The SMILES string of the molecule is Nc1ncc(S(=O)(=O)NC2CNC(=O)C2)cn1. The maximum atomic E-state index is 11.8. The number of nitrogens with zero attached hydrogens (tertiary/aromatic N) is 2. The van der Waals surface area contributed by atoms with Crippen LogP contribution in [0.4, 0.5) is 5.95 Å². The Hall–Kier alpha value is -1.74. The molecule has 0 bridgehead atoms. The topological polar surface area (TPSA) is 127 Å². The molecule has 2 heterocycles. The van der Waals surface area contributed by atoms with Crippen molar-refractivity contribution in [2.75, 3.05) is 12.3 Å². The highest BCUT2D eigenvalue weighted by atomic mass is 32.2. The van der Waals surface area contributed by atoms with Crippen molar-refractivity contribution in [3.63, 3.8) is 0 Å². The number of hydrogen-bond donors (Lipinski definition) is 3. The van der Waals surface area contributed by atoms with E-state index in [1.807, 2.05) is 0 Å². The number of carbonyl (C=O) groups is 1. The molecule has 1 aliphatic rings. The van der Waals surface area contributed by atoms with Crippen molar-refractivity contribution in [3.05, 3.63) is 12.4 Å². The second-order valence-corrected chi connectivity index (χ2v) is 5.32. The van der Waals surface area contributed by atoms with Crippen LogP contribution in [0.2, 0.25) is 0 Å². The number of amides is 1. The van der Waals surface area contributed by atoms with Gasteiger partial charge in [-0.15, -0.1) is 0 Å². The van der Waals surface area contributed by atoms with E-state index in [1.54, 1.807) is 0 Å². The second kappa shape index (κ2) is 4.26. The largest absolute Gasteiger partial charge is 0.368 e. The summed E-state index contributed by atoms with van der Waals surface area (Å²) in [7, 11) is -3.71. The van der Waals surface area contributed by atoms with Crippen LogP contribution in [0, 0.1) is 0 Å². The monoisotopic (exact) mass is 257 g/mol. The van der Waals surface area contributed by atoms with Crippen molar-refractivity contribution in [3.8, 4) is 0 Å². The lowest BCUT2D eigenvalue weighted by Crippen LogP contribution is -2.36. The average molecular weight is 257 g/mol. The molecule has 2 rings (SSSR count). The molecule has 4 N–H and O–H groups in total. The van der Waals surface area contributed by atoms with Crippen LogP contribution in [0.5, 0.6) is 0 Å². The summed E-state index contributed by atoms with van der Waals surface area (Å²) in [6.45, 7) is 0.286. The second-order valence-electron chi connectivity index (χ2n) is 3.60. The standard InChI is InChI=1S/C8H11N5O3S/c9-8-11-3-6(4-12-8)17(15,16)13-5-1-7(14)10-2-5/h3-5,13H,1-2H2,(H,10,14)(H2,9,11,12). The van der Waals surface area contributed by atoms with E-state index in [0.717, 1.165) is 12.4 Å². The Morgan fingerprint density at radius 1 is 1.41 bits per heavy atom. The van der Waals surface area contributed by atoms with Crippen LogP contribution in [0.15, 0.2) is 17.3 Å². The predicted octanol–water partition coefficient (Wildman–Crippen LogP) is -1.77. The fraction of sp³-hybridized carbons (Fsp3) is 0.375. The minimum atomic E-state index is -3.71. The third kappa shape index (κ3) is 2.68. The van der Waals surface area contributed by atoms with E-state index in [9.17, 15) is 13.2 Å². The van der Waals surface area contributed by atoms with Crippen molar-refractivity contribution in [1.82, 2.24) is 20.0 Å². The molecule has 1 aromatic rings. The van der Waals surface area contributed by atoms with E-state index >= 15 is 0 Å². The van der Waals surface area contributed by atoms with Gasteiger partial charge in [0, 0.05) is 19.0 Å². The van der Waals surface area contributed by atoms with Gasteiger partial charge >= 0.3 is 0 Å². The van der Waals surface area contributed by atoms with Crippen molar-refractivity contribution >= 4 is 21.9 Å². The summed E-state index contributed by atoms with van der Waals surface area (Å²) in [5.41, 5.74) is 5.26. The zero-order chi connectivity index (χ0) is 12.5. The molecule has 1 unspecified atom stereocenters. The van der Waals surface area contributed by atoms with Crippen LogP contribution in [-0.2, 0) is 14.8 Å². The molecule has 1 aliphatic heterocycles. The van der Waals surface area contributed by atoms with Gasteiger partial charge in [0.2, 0.25) is 21.9 Å². The van der Waals surface area contributed by atoms with Crippen molar-refractivity contribution < 1.29 is 13.2 Å². The quantitative estimate of drug-likeness (QED) is 0.588. The summed E-state index contributed by atoms with van der Waals surface area (Å²) in [5.74, 6) is -0.173. The molecule has 92 valence electrons. The Bertz CT molecular complexity index is 527. The first kappa shape index (κ1) is 11.7. The number of nitrogen functional groups attached to an aromatic ring is 1. The zero-order valence-electron chi connectivity index (χ0n) is 8.75. The molecule has 1 atom stereocenters. The third-order valence-corrected chi connectivity index (χ3v) is 3.73. The van der Waals surface area contributed by atoms with E-state index in [-0.39, 0.29) is 29.7 Å². The van der Waals surface area contributed by atoms with Crippen LogP contribution in [0.3, 0.4) is 0 Å². The van der Waals surface area contributed by atoms with E-state index in [4.69, 9.17) is 5.73 Å². The Kier molecular flexibility index (Phi) is 2.94.